The number of methoxy groups -OCH3 is 2. The van der Waals surface area contributed by atoms with Crippen molar-refractivity contribution in [1.82, 2.24) is 5.32 Å². The normalized spacial score (nSPS) is 11.2. The Balaban J connectivity index is 2.30. The van der Waals surface area contributed by atoms with E-state index < -0.39 is 0 Å². The van der Waals surface area contributed by atoms with E-state index in [4.69, 9.17) is 30.9 Å². The molecular weight excluding hydrogens is 382 g/mol. The van der Waals surface area contributed by atoms with E-state index in [1.54, 1.807) is 32.4 Å². The highest BCUT2D eigenvalue weighted by molar-refractivity contribution is 6.30. The molecule has 0 saturated heterocycles. The van der Waals surface area contributed by atoms with Crippen LogP contribution in [0.3, 0.4) is 0 Å². The van der Waals surface area contributed by atoms with Crippen LogP contribution in [0.5, 0.6) is 11.5 Å². The predicted octanol–water partition coefficient (Wildman–Crippen LogP) is 2.91. The maximum absolute atomic E-state index is 12.4. The van der Waals surface area contributed by atoms with Gasteiger partial charge in [-0.05, 0) is 41.0 Å². The number of halogens is 1. The van der Waals surface area contributed by atoms with Gasteiger partial charge in [0.25, 0.3) is 0 Å². The van der Waals surface area contributed by atoms with Crippen LogP contribution in [0.2, 0.25) is 5.02 Å². The van der Waals surface area contributed by atoms with Gasteiger partial charge in [0.1, 0.15) is 0 Å². The van der Waals surface area contributed by atoms with Crippen molar-refractivity contribution in [2.24, 2.45) is 0 Å². The molecule has 2 rings (SSSR count). The summed E-state index contributed by atoms with van der Waals surface area (Å²) in [7, 11) is 3.13. The van der Waals surface area contributed by atoms with Crippen LogP contribution in [0.1, 0.15) is 11.1 Å². The number of aliphatic hydroxyl groups is 1. The number of nitrogens with one attached hydrogen (secondary N) is 1. The van der Waals surface area contributed by atoms with E-state index in [0.717, 1.165) is 11.1 Å². The van der Waals surface area contributed by atoms with Crippen molar-refractivity contribution in [2.75, 3.05) is 40.6 Å². The lowest BCUT2D eigenvalue weighted by Gasteiger charge is -2.13. The summed E-state index contributed by atoms with van der Waals surface area (Å²) in [6.45, 7) is 0.864. The lowest BCUT2D eigenvalue weighted by Crippen LogP contribution is -2.26. The zero-order valence-electron chi connectivity index (χ0n) is 15.9. The Morgan fingerprint density at radius 3 is 2.36 bits per heavy atom. The first-order valence-corrected chi connectivity index (χ1v) is 9.13. The van der Waals surface area contributed by atoms with Crippen molar-refractivity contribution in [3.63, 3.8) is 0 Å². The average molecular weight is 406 g/mol. The average Bonchev–Trinajstić information content (AvgIpc) is 2.72. The number of carbonyl (C=O) groups excluding carboxylic acids is 1. The molecule has 28 heavy (non-hydrogen) atoms. The van der Waals surface area contributed by atoms with Crippen LogP contribution < -0.4 is 14.8 Å². The third kappa shape index (κ3) is 6.27. The smallest absolute Gasteiger partial charge is 0.244 e. The van der Waals surface area contributed by atoms with E-state index in [0.29, 0.717) is 35.2 Å². The molecule has 0 saturated carbocycles. The zero-order chi connectivity index (χ0) is 20.4. The Morgan fingerprint density at radius 2 is 1.71 bits per heavy atom. The van der Waals surface area contributed by atoms with Gasteiger partial charge in [0.2, 0.25) is 5.91 Å². The van der Waals surface area contributed by atoms with Gasteiger partial charge in [-0.25, -0.2) is 0 Å². The topological polar surface area (TPSA) is 77.0 Å². The van der Waals surface area contributed by atoms with Gasteiger partial charge in [0, 0.05) is 17.6 Å². The van der Waals surface area contributed by atoms with E-state index in [1.165, 1.54) is 6.08 Å². The number of hydrogen-bond acceptors (Lipinski definition) is 5. The minimum absolute atomic E-state index is 0.0478. The predicted molar refractivity (Wildman–Crippen MR) is 109 cm³/mol. The molecule has 2 N–H and O–H groups in total. The molecule has 150 valence electrons. The van der Waals surface area contributed by atoms with Gasteiger partial charge < -0.3 is 24.6 Å². The van der Waals surface area contributed by atoms with Crippen molar-refractivity contribution >= 4 is 23.1 Å². The number of hydrogen-bond donors (Lipinski definition) is 2. The monoisotopic (exact) mass is 405 g/mol. The van der Waals surface area contributed by atoms with Gasteiger partial charge in [-0.15, -0.1) is 0 Å². The van der Waals surface area contributed by atoms with Gasteiger partial charge in [0.15, 0.2) is 11.5 Å². The molecule has 1 amide bonds. The van der Waals surface area contributed by atoms with Crippen LogP contribution in [0.25, 0.3) is 5.57 Å². The van der Waals surface area contributed by atoms with Crippen LogP contribution in [-0.2, 0) is 9.53 Å². The molecule has 0 unspecified atom stereocenters. The molecule has 6 nitrogen and oxygen atoms in total. The summed E-state index contributed by atoms with van der Waals surface area (Å²) in [6, 6.07) is 12.7. The molecule has 0 aliphatic rings. The van der Waals surface area contributed by atoms with E-state index >= 15 is 0 Å². The lowest BCUT2D eigenvalue weighted by atomic mass is 9.97. The van der Waals surface area contributed by atoms with E-state index in [9.17, 15) is 4.79 Å². The fourth-order valence-corrected chi connectivity index (χ4v) is 2.69. The number of ether oxygens (including phenoxy) is 3. The van der Waals surface area contributed by atoms with Gasteiger partial charge in [-0.1, -0.05) is 29.8 Å². The molecule has 2 aromatic rings. The molecule has 0 spiro atoms. The Kier molecular flexibility index (Phi) is 8.81. The molecule has 0 heterocycles. The Labute approximate surface area is 169 Å². The summed E-state index contributed by atoms with van der Waals surface area (Å²) >= 11 is 6.00. The summed E-state index contributed by atoms with van der Waals surface area (Å²) in [5.74, 6) is 0.914. The Morgan fingerprint density at radius 1 is 1.04 bits per heavy atom. The SMILES string of the molecule is COc1ccc(C(=CC(=O)NCCOCCO)c2ccc(Cl)cc2)cc1OC. The molecule has 0 atom stereocenters. The number of amides is 1. The molecule has 0 radical (unpaired) electrons. The van der Waals surface area contributed by atoms with Gasteiger partial charge in [-0.2, -0.15) is 0 Å². The molecule has 2 aromatic carbocycles. The van der Waals surface area contributed by atoms with Crippen LogP contribution in [0.15, 0.2) is 48.5 Å². The van der Waals surface area contributed by atoms with Crippen LogP contribution in [0.4, 0.5) is 0 Å². The summed E-state index contributed by atoms with van der Waals surface area (Å²) < 4.78 is 15.8. The standard InChI is InChI=1S/C21H24ClNO5/c1-26-19-8-5-16(13-20(19)27-2)18(15-3-6-17(22)7-4-15)14-21(25)23-9-11-28-12-10-24/h3-8,13-14,24H,9-12H2,1-2H3,(H,23,25). The number of aliphatic hydroxyl groups excluding tert-OH is 1. The van der Waals surface area contributed by atoms with Crippen LogP contribution in [0, 0.1) is 0 Å². The second-order valence-electron chi connectivity index (χ2n) is 5.76. The van der Waals surface area contributed by atoms with Crippen LogP contribution in [-0.4, -0.2) is 51.6 Å². The summed E-state index contributed by atoms with van der Waals surface area (Å²) in [5, 5.41) is 12.1. The highest BCUT2D eigenvalue weighted by atomic mass is 35.5. The number of carbonyl (C=O) groups is 1. The molecule has 0 fully saturated rings. The van der Waals surface area contributed by atoms with Gasteiger partial charge in [-0.3, -0.25) is 4.79 Å². The molecular formula is C21H24ClNO5. The van der Waals surface area contributed by atoms with Crippen molar-refractivity contribution in [2.45, 2.75) is 0 Å². The second kappa shape index (κ2) is 11.3. The largest absolute Gasteiger partial charge is 0.493 e. The summed E-state index contributed by atoms with van der Waals surface area (Å²) in [5.41, 5.74) is 2.35. The minimum Gasteiger partial charge on any atom is -0.493 e. The minimum atomic E-state index is -0.257. The van der Waals surface area contributed by atoms with Crippen molar-refractivity contribution in [3.8, 4) is 11.5 Å². The highest BCUT2D eigenvalue weighted by Gasteiger charge is 2.12. The van der Waals surface area contributed by atoms with E-state index in [-0.39, 0.29) is 19.1 Å². The van der Waals surface area contributed by atoms with Crippen molar-refractivity contribution in [1.29, 1.82) is 0 Å². The lowest BCUT2D eigenvalue weighted by molar-refractivity contribution is -0.116. The van der Waals surface area contributed by atoms with Crippen LogP contribution >= 0.6 is 11.6 Å². The first-order chi connectivity index (χ1) is 13.6. The first-order valence-electron chi connectivity index (χ1n) is 8.75. The van der Waals surface area contributed by atoms with Crippen molar-refractivity contribution < 1.29 is 24.1 Å². The van der Waals surface area contributed by atoms with Crippen molar-refractivity contribution in [3.05, 3.63) is 64.7 Å². The first kappa shape index (κ1) is 21.8. The molecule has 0 bridgehead atoms. The third-order valence-corrected chi connectivity index (χ3v) is 4.16. The highest BCUT2D eigenvalue weighted by Crippen LogP contribution is 2.33. The summed E-state index contributed by atoms with van der Waals surface area (Å²) in [6.07, 6.45) is 1.52. The molecule has 0 aliphatic carbocycles. The number of rotatable bonds is 10. The second-order valence-corrected chi connectivity index (χ2v) is 6.20. The molecule has 0 aromatic heterocycles. The zero-order valence-corrected chi connectivity index (χ0v) is 16.7. The van der Waals surface area contributed by atoms with E-state index in [2.05, 4.69) is 5.32 Å². The fourth-order valence-electron chi connectivity index (χ4n) is 2.56. The maximum atomic E-state index is 12.4. The van der Waals surface area contributed by atoms with Gasteiger partial charge in [0.05, 0.1) is 34.0 Å². The Hall–Kier alpha value is -2.54. The Bertz CT molecular complexity index is 805. The summed E-state index contributed by atoms with van der Waals surface area (Å²) in [4.78, 5) is 12.4. The fraction of sp³-hybridized carbons (Fsp3) is 0.286. The maximum Gasteiger partial charge on any atom is 0.244 e. The van der Waals surface area contributed by atoms with E-state index in [1.807, 2.05) is 24.3 Å². The number of benzene rings is 2. The quantitative estimate of drug-likeness (QED) is 0.469. The van der Waals surface area contributed by atoms with Gasteiger partial charge >= 0.3 is 0 Å². The molecule has 0 aliphatic heterocycles. The third-order valence-electron chi connectivity index (χ3n) is 3.91. The molecule has 7 heteroatoms.